The first-order chi connectivity index (χ1) is 22.0. The van der Waals surface area contributed by atoms with Crippen molar-refractivity contribution in [3.05, 3.63) is 114 Å². The Morgan fingerprint density at radius 3 is 2.27 bits per heavy atom. The van der Waals surface area contributed by atoms with Gasteiger partial charge < -0.3 is 24.8 Å². The van der Waals surface area contributed by atoms with E-state index in [1.165, 1.54) is 4.68 Å². The molecule has 0 spiro atoms. The molecule has 234 valence electrons. The molecule has 1 unspecified atom stereocenters. The van der Waals surface area contributed by atoms with Gasteiger partial charge in [0.25, 0.3) is 0 Å². The summed E-state index contributed by atoms with van der Waals surface area (Å²) in [5.41, 5.74) is 3.54. The molecule has 12 heteroatoms. The van der Waals surface area contributed by atoms with Gasteiger partial charge in [-0.2, -0.15) is 20.1 Å². The molecule has 0 saturated carbocycles. The van der Waals surface area contributed by atoms with Gasteiger partial charge >= 0.3 is 5.69 Å². The van der Waals surface area contributed by atoms with Gasteiger partial charge in [-0.25, -0.2) is 14.0 Å². The monoisotopic (exact) mass is 610 g/mol. The first kappa shape index (κ1) is 30.1. The lowest BCUT2D eigenvalue weighted by Gasteiger charge is -2.28. The largest absolute Gasteiger partial charge is 0.491 e. The molecule has 12 nitrogen and oxygen atoms in total. The molecule has 3 aromatic carbocycles. The van der Waals surface area contributed by atoms with Gasteiger partial charge in [0, 0.05) is 30.0 Å². The summed E-state index contributed by atoms with van der Waals surface area (Å²) in [4.78, 5) is 14.2. The summed E-state index contributed by atoms with van der Waals surface area (Å²) >= 11 is 0. The van der Waals surface area contributed by atoms with Crippen LogP contribution in [0.1, 0.15) is 31.9 Å². The predicted molar refractivity (Wildman–Crippen MR) is 171 cm³/mol. The molecule has 0 bridgehead atoms. The smallest absolute Gasteiger partial charge is 0.350 e. The Bertz CT molecular complexity index is 1690. The van der Waals surface area contributed by atoms with Crippen molar-refractivity contribution in [2.24, 2.45) is 0 Å². The molecule has 1 aliphatic rings. The molecule has 1 fully saturated rings. The molecular formula is C33H38N8O4. The minimum absolute atomic E-state index is 0.0655. The molecule has 3 heterocycles. The molecule has 1 aliphatic heterocycles. The standard InChI is InChI=1S/C33H38N8O4/c1-3-25(2)41-32(42)39(24-38-41)29-13-9-27(10-14-29)34-17-18-35-28-11-15-30(16-12-28)43-21-31-22-44-33(45-31,23-40-36-19-20-37-40)26-7-5-4-6-8-26/h4-16,19-20,24-25,31,34-35H,3,17-18,21-23H2,1-2H3/t25?,31-,33+/m1/s1. The van der Waals surface area contributed by atoms with Gasteiger partial charge in [0.2, 0.25) is 5.79 Å². The second kappa shape index (κ2) is 13.8. The molecule has 0 aliphatic carbocycles. The third-order valence-electron chi connectivity index (χ3n) is 7.81. The zero-order valence-electron chi connectivity index (χ0n) is 25.5. The predicted octanol–water partition coefficient (Wildman–Crippen LogP) is 4.47. The summed E-state index contributed by atoms with van der Waals surface area (Å²) in [5.74, 6) is -0.225. The average molecular weight is 611 g/mol. The fourth-order valence-electron chi connectivity index (χ4n) is 5.16. The molecule has 45 heavy (non-hydrogen) atoms. The summed E-state index contributed by atoms with van der Waals surface area (Å²) < 4.78 is 21.8. The van der Waals surface area contributed by atoms with Crippen molar-refractivity contribution in [3.8, 4) is 11.4 Å². The first-order valence-electron chi connectivity index (χ1n) is 15.2. The third-order valence-corrected chi connectivity index (χ3v) is 7.81. The Morgan fingerprint density at radius 1 is 0.933 bits per heavy atom. The SMILES string of the molecule is CCC(C)n1ncn(-c2ccc(NCCNc3ccc(OC[C@@H]4CO[C@](Cn5nccn5)(c5ccccc5)O4)cc3)cc2)c1=O. The van der Waals surface area contributed by atoms with E-state index in [0.29, 0.717) is 19.8 Å². The Hall–Kier alpha value is -4.94. The summed E-state index contributed by atoms with van der Waals surface area (Å²) in [7, 11) is 0. The number of nitrogens with zero attached hydrogens (tertiary/aromatic N) is 6. The molecule has 5 aromatic rings. The zero-order chi connectivity index (χ0) is 31.1. The summed E-state index contributed by atoms with van der Waals surface area (Å²) in [6, 6.07) is 25.5. The van der Waals surface area contributed by atoms with Crippen molar-refractivity contribution in [1.82, 2.24) is 29.3 Å². The van der Waals surface area contributed by atoms with E-state index >= 15 is 0 Å². The number of nitrogens with one attached hydrogen (secondary N) is 2. The number of benzene rings is 3. The van der Waals surface area contributed by atoms with Gasteiger partial charge in [-0.1, -0.05) is 37.3 Å². The molecule has 3 atom stereocenters. The van der Waals surface area contributed by atoms with E-state index in [-0.39, 0.29) is 17.8 Å². The van der Waals surface area contributed by atoms with Crippen LogP contribution in [0.5, 0.6) is 5.75 Å². The van der Waals surface area contributed by atoms with E-state index in [0.717, 1.165) is 47.9 Å². The highest BCUT2D eigenvalue weighted by Gasteiger charge is 2.44. The highest BCUT2D eigenvalue weighted by atomic mass is 16.8. The highest BCUT2D eigenvalue weighted by molar-refractivity contribution is 5.50. The number of hydrogen-bond acceptors (Lipinski definition) is 9. The lowest BCUT2D eigenvalue weighted by molar-refractivity contribution is -0.192. The molecular weight excluding hydrogens is 572 g/mol. The normalized spacial score (nSPS) is 18.5. The van der Waals surface area contributed by atoms with Gasteiger partial charge in [-0.15, -0.1) is 0 Å². The maximum Gasteiger partial charge on any atom is 0.350 e. The van der Waals surface area contributed by atoms with Gasteiger partial charge in [0.15, 0.2) is 0 Å². The van der Waals surface area contributed by atoms with Crippen LogP contribution in [0.2, 0.25) is 0 Å². The second-order valence-electron chi connectivity index (χ2n) is 11.0. The van der Waals surface area contributed by atoms with Crippen molar-refractivity contribution in [1.29, 1.82) is 0 Å². The molecule has 1 saturated heterocycles. The van der Waals surface area contributed by atoms with Crippen molar-refractivity contribution >= 4 is 11.4 Å². The van der Waals surface area contributed by atoms with E-state index in [9.17, 15) is 4.79 Å². The van der Waals surface area contributed by atoms with Crippen molar-refractivity contribution in [2.75, 3.05) is 36.9 Å². The molecule has 2 N–H and O–H groups in total. The van der Waals surface area contributed by atoms with E-state index in [1.54, 1.807) is 28.1 Å². The van der Waals surface area contributed by atoms with Gasteiger partial charge in [-0.05, 0) is 61.9 Å². The quantitative estimate of drug-likeness (QED) is 0.175. The summed E-state index contributed by atoms with van der Waals surface area (Å²) in [5, 5.41) is 19.5. The molecule has 0 radical (unpaired) electrons. The summed E-state index contributed by atoms with van der Waals surface area (Å²) in [6.07, 6.45) is 5.45. The van der Waals surface area contributed by atoms with Crippen LogP contribution in [0.25, 0.3) is 5.69 Å². The Labute approximate surface area is 261 Å². The number of hydrogen-bond donors (Lipinski definition) is 2. The minimum Gasteiger partial charge on any atom is -0.491 e. The van der Waals surface area contributed by atoms with E-state index in [4.69, 9.17) is 14.2 Å². The number of aromatic nitrogens is 6. The van der Waals surface area contributed by atoms with Crippen LogP contribution in [-0.2, 0) is 21.8 Å². The fraction of sp³-hybridized carbons (Fsp3) is 0.333. The highest BCUT2D eigenvalue weighted by Crippen LogP contribution is 2.36. The topological polar surface area (TPSA) is 122 Å². The maximum atomic E-state index is 12.7. The minimum atomic E-state index is -0.977. The molecule has 2 aromatic heterocycles. The second-order valence-corrected chi connectivity index (χ2v) is 11.0. The summed E-state index contributed by atoms with van der Waals surface area (Å²) in [6.45, 7) is 6.57. The number of anilines is 2. The molecule has 6 rings (SSSR count). The van der Waals surface area contributed by atoms with Gasteiger partial charge in [-0.3, -0.25) is 0 Å². The number of ether oxygens (including phenoxy) is 3. The maximum absolute atomic E-state index is 12.7. The van der Waals surface area contributed by atoms with E-state index in [1.807, 2.05) is 92.7 Å². The van der Waals surface area contributed by atoms with Gasteiger partial charge in [0.1, 0.15) is 31.3 Å². The zero-order valence-corrected chi connectivity index (χ0v) is 25.5. The van der Waals surface area contributed by atoms with Crippen LogP contribution in [0, 0.1) is 0 Å². The lowest BCUT2D eigenvalue weighted by atomic mass is 10.1. The lowest BCUT2D eigenvalue weighted by Crippen LogP contribution is -2.35. The Morgan fingerprint density at radius 2 is 1.60 bits per heavy atom. The average Bonchev–Trinajstić information content (AvgIpc) is 3.84. The van der Waals surface area contributed by atoms with Crippen molar-refractivity contribution in [3.63, 3.8) is 0 Å². The third kappa shape index (κ3) is 7.08. The van der Waals surface area contributed by atoms with E-state index < -0.39 is 5.79 Å². The van der Waals surface area contributed by atoms with Crippen LogP contribution in [0.4, 0.5) is 11.4 Å². The number of rotatable bonds is 14. The fourth-order valence-corrected chi connectivity index (χ4v) is 5.16. The van der Waals surface area contributed by atoms with Crippen LogP contribution >= 0.6 is 0 Å². The van der Waals surface area contributed by atoms with Gasteiger partial charge in [0.05, 0.1) is 30.7 Å². The Balaban J connectivity index is 0.949. The first-order valence-corrected chi connectivity index (χ1v) is 15.2. The van der Waals surface area contributed by atoms with Crippen molar-refractivity contribution < 1.29 is 14.2 Å². The van der Waals surface area contributed by atoms with Crippen LogP contribution in [0.15, 0.2) is 102 Å². The van der Waals surface area contributed by atoms with Crippen LogP contribution in [-0.4, -0.2) is 61.7 Å². The molecule has 0 amide bonds. The Kier molecular flexibility index (Phi) is 9.22. The van der Waals surface area contributed by atoms with E-state index in [2.05, 4.69) is 25.9 Å². The van der Waals surface area contributed by atoms with Crippen molar-refractivity contribution in [2.45, 2.75) is 44.7 Å². The van der Waals surface area contributed by atoms with Crippen LogP contribution < -0.4 is 21.1 Å². The van der Waals surface area contributed by atoms with Crippen LogP contribution in [0.3, 0.4) is 0 Å².